The second-order valence-electron chi connectivity index (χ2n) is 6.37. The highest BCUT2D eigenvalue weighted by atomic mass is 32.1. The highest BCUT2D eigenvalue weighted by Crippen LogP contribution is 2.38. The first kappa shape index (κ1) is 16.9. The molecule has 1 aliphatic rings. The molecule has 6 heteroatoms. The van der Waals surface area contributed by atoms with Crippen LogP contribution in [0.1, 0.15) is 36.5 Å². The summed E-state index contributed by atoms with van der Waals surface area (Å²) in [5.74, 6) is -1.10. The van der Waals surface area contributed by atoms with E-state index in [9.17, 15) is 19.8 Å². The van der Waals surface area contributed by atoms with Gasteiger partial charge in [0.1, 0.15) is 0 Å². The summed E-state index contributed by atoms with van der Waals surface area (Å²) in [5, 5.41) is 22.8. The molecule has 0 spiro atoms. The van der Waals surface area contributed by atoms with Gasteiger partial charge in [0.05, 0.1) is 17.1 Å². The number of aliphatic hydroxyl groups is 1. The van der Waals surface area contributed by atoms with Crippen LogP contribution in [0.2, 0.25) is 0 Å². The van der Waals surface area contributed by atoms with E-state index < -0.39 is 17.5 Å². The molecule has 1 saturated heterocycles. The maximum absolute atomic E-state index is 12.8. The van der Waals surface area contributed by atoms with E-state index in [0.717, 1.165) is 10.1 Å². The van der Waals surface area contributed by atoms with E-state index in [0.29, 0.717) is 24.9 Å². The molecule has 1 fully saturated rings. The summed E-state index contributed by atoms with van der Waals surface area (Å²) in [6.07, 6.45) is 0.349. The Morgan fingerprint density at radius 3 is 2.79 bits per heavy atom. The molecule has 0 unspecified atom stereocenters. The molecule has 0 radical (unpaired) electrons. The van der Waals surface area contributed by atoms with Crippen LogP contribution >= 0.6 is 11.3 Å². The van der Waals surface area contributed by atoms with Crippen LogP contribution < -0.4 is 0 Å². The van der Waals surface area contributed by atoms with Crippen LogP contribution in [0.3, 0.4) is 0 Å². The summed E-state index contributed by atoms with van der Waals surface area (Å²) < 4.78 is 1.05. The molecule has 1 aliphatic heterocycles. The highest BCUT2D eigenvalue weighted by Gasteiger charge is 2.48. The number of hydrogen-bond donors (Lipinski definition) is 2. The van der Waals surface area contributed by atoms with E-state index >= 15 is 0 Å². The second kappa shape index (κ2) is 6.53. The van der Waals surface area contributed by atoms with Crippen LogP contribution in [0.25, 0.3) is 10.1 Å². The fourth-order valence-corrected chi connectivity index (χ4v) is 4.50. The number of piperidine rings is 1. The fourth-order valence-electron chi connectivity index (χ4n) is 3.57. The number of aliphatic carboxylic acids is 1. The predicted molar refractivity (Wildman–Crippen MR) is 93.3 cm³/mol. The van der Waals surface area contributed by atoms with Crippen LogP contribution in [0.15, 0.2) is 29.6 Å². The molecule has 2 N–H and O–H groups in total. The lowest BCUT2D eigenvalue weighted by Gasteiger charge is -2.42. The average molecular weight is 347 g/mol. The van der Waals surface area contributed by atoms with E-state index in [1.54, 1.807) is 4.90 Å². The van der Waals surface area contributed by atoms with Crippen LogP contribution in [0, 0.1) is 5.41 Å². The predicted octanol–water partition coefficient (Wildman–Crippen LogP) is 2.98. The van der Waals surface area contributed by atoms with Gasteiger partial charge >= 0.3 is 5.97 Å². The molecular weight excluding hydrogens is 326 g/mol. The Labute approximate surface area is 144 Å². The highest BCUT2D eigenvalue weighted by molar-refractivity contribution is 7.17. The van der Waals surface area contributed by atoms with Crippen molar-refractivity contribution in [3.05, 3.63) is 35.2 Å². The van der Waals surface area contributed by atoms with Crippen molar-refractivity contribution in [2.24, 2.45) is 5.41 Å². The van der Waals surface area contributed by atoms with Gasteiger partial charge in [0.15, 0.2) is 0 Å². The third-order valence-electron chi connectivity index (χ3n) is 4.98. The van der Waals surface area contributed by atoms with Gasteiger partial charge in [-0.15, -0.1) is 11.3 Å². The van der Waals surface area contributed by atoms with Gasteiger partial charge < -0.3 is 15.1 Å². The molecule has 24 heavy (non-hydrogen) atoms. The molecule has 0 bridgehead atoms. The van der Waals surface area contributed by atoms with Crippen molar-refractivity contribution in [2.45, 2.75) is 32.3 Å². The quantitative estimate of drug-likeness (QED) is 0.891. The maximum atomic E-state index is 12.8. The normalized spacial score (nSPS) is 24.2. The van der Waals surface area contributed by atoms with Crippen molar-refractivity contribution in [1.82, 2.24) is 4.90 Å². The number of likely N-dealkylation sites (tertiary alicyclic amines) is 1. The van der Waals surface area contributed by atoms with Gasteiger partial charge in [-0.3, -0.25) is 9.59 Å². The Morgan fingerprint density at radius 2 is 2.12 bits per heavy atom. The summed E-state index contributed by atoms with van der Waals surface area (Å²) in [4.78, 5) is 26.1. The second-order valence-corrected chi connectivity index (χ2v) is 7.29. The van der Waals surface area contributed by atoms with Crippen molar-refractivity contribution in [3.8, 4) is 0 Å². The number of fused-ring (bicyclic) bond motifs is 1. The largest absolute Gasteiger partial charge is 0.481 e. The molecule has 128 valence electrons. The van der Waals surface area contributed by atoms with Crippen LogP contribution in [0.4, 0.5) is 0 Å². The third kappa shape index (κ3) is 2.70. The summed E-state index contributed by atoms with van der Waals surface area (Å²) in [7, 11) is 0. The number of rotatable bonds is 4. The van der Waals surface area contributed by atoms with Gasteiger partial charge in [0.25, 0.3) is 5.91 Å². The number of carboxylic acids is 1. The molecule has 1 aromatic carbocycles. The number of thiophene rings is 1. The molecule has 2 heterocycles. The van der Waals surface area contributed by atoms with Gasteiger partial charge in [-0.25, -0.2) is 0 Å². The smallest absolute Gasteiger partial charge is 0.312 e. The molecule has 1 aromatic heterocycles. The zero-order chi connectivity index (χ0) is 17.3. The van der Waals surface area contributed by atoms with Gasteiger partial charge in [-0.1, -0.05) is 31.5 Å². The molecule has 0 saturated carbocycles. The number of carboxylic acid groups (broad SMARTS) is 1. The molecule has 2 aromatic rings. The lowest BCUT2D eigenvalue weighted by molar-refractivity contribution is -0.162. The Balaban J connectivity index is 1.83. The van der Waals surface area contributed by atoms with Gasteiger partial charge in [0.2, 0.25) is 0 Å². The topological polar surface area (TPSA) is 77.8 Å². The SMILES string of the molecule is CCC[C@]1(C(=O)O)CCN(C(=O)c2csc3ccccc23)C[C@H]1O. The van der Waals surface area contributed by atoms with Crippen molar-refractivity contribution in [2.75, 3.05) is 13.1 Å². The first-order valence-electron chi connectivity index (χ1n) is 8.16. The number of aliphatic hydroxyl groups excluding tert-OH is 1. The minimum atomic E-state index is -1.14. The zero-order valence-corrected chi connectivity index (χ0v) is 14.4. The third-order valence-corrected chi connectivity index (χ3v) is 5.94. The van der Waals surface area contributed by atoms with Gasteiger partial charge in [-0.05, 0) is 18.9 Å². The minimum Gasteiger partial charge on any atom is -0.481 e. The molecule has 2 atom stereocenters. The van der Waals surface area contributed by atoms with Crippen molar-refractivity contribution in [3.63, 3.8) is 0 Å². The Hall–Kier alpha value is -1.92. The summed E-state index contributed by atoms with van der Waals surface area (Å²) in [5.41, 5.74) is -0.511. The monoisotopic (exact) mass is 347 g/mol. The number of carbonyl (C=O) groups is 2. The minimum absolute atomic E-state index is 0.0648. The van der Waals surface area contributed by atoms with Crippen molar-refractivity contribution >= 4 is 33.3 Å². The first-order valence-corrected chi connectivity index (χ1v) is 9.04. The lowest BCUT2D eigenvalue weighted by atomic mass is 9.72. The number of carbonyl (C=O) groups excluding carboxylic acids is 1. The van der Waals surface area contributed by atoms with E-state index in [-0.39, 0.29) is 18.9 Å². The maximum Gasteiger partial charge on any atom is 0.312 e. The van der Waals surface area contributed by atoms with Crippen molar-refractivity contribution < 1.29 is 19.8 Å². The number of nitrogens with zero attached hydrogens (tertiary/aromatic N) is 1. The zero-order valence-electron chi connectivity index (χ0n) is 13.6. The summed E-state index contributed by atoms with van der Waals surface area (Å²) >= 11 is 1.52. The summed E-state index contributed by atoms with van der Waals surface area (Å²) in [6, 6.07) is 7.72. The molecule has 3 rings (SSSR count). The van der Waals surface area contributed by atoms with E-state index in [1.165, 1.54) is 11.3 Å². The van der Waals surface area contributed by atoms with E-state index in [1.807, 2.05) is 36.6 Å². The number of β-amino-alcohol motifs (C(OH)–C–C–N with tert-alkyl or cyclic N) is 1. The Kier molecular flexibility index (Phi) is 4.60. The van der Waals surface area contributed by atoms with Gasteiger partial charge in [0, 0.05) is 28.6 Å². The lowest BCUT2D eigenvalue weighted by Crippen LogP contribution is -2.56. The van der Waals surface area contributed by atoms with Gasteiger partial charge in [-0.2, -0.15) is 0 Å². The molecule has 0 aliphatic carbocycles. The molecule has 1 amide bonds. The van der Waals surface area contributed by atoms with Crippen LogP contribution in [0.5, 0.6) is 0 Å². The number of amides is 1. The molecular formula is C18H21NO4S. The summed E-state index contributed by atoms with van der Waals surface area (Å²) in [6.45, 7) is 2.33. The van der Waals surface area contributed by atoms with Crippen LogP contribution in [-0.2, 0) is 4.79 Å². The number of benzene rings is 1. The number of hydrogen-bond acceptors (Lipinski definition) is 4. The van der Waals surface area contributed by atoms with Crippen molar-refractivity contribution in [1.29, 1.82) is 0 Å². The van der Waals surface area contributed by atoms with Crippen LogP contribution in [-0.4, -0.2) is 46.2 Å². The van der Waals surface area contributed by atoms with E-state index in [4.69, 9.17) is 0 Å². The fraction of sp³-hybridized carbons (Fsp3) is 0.444. The first-order chi connectivity index (χ1) is 11.5. The Bertz CT molecular complexity index is 771. The standard InChI is InChI=1S/C18H21NO4S/c1-2-7-18(17(22)23)8-9-19(10-15(18)20)16(21)13-11-24-14-6-4-3-5-12(13)14/h3-6,11,15,20H,2,7-10H2,1H3,(H,22,23)/t15-,18+/m1/s1. The van der Waals surface area contributed by atoms with E-state index in [2.05, 4.69) is 0 Å². The average Bonchev–Trinajstić information content (AvgIpc) is 3.00. The molecule has 5 nitrogen and oxygen atoms in total. The Morgan fingerprint density at radius 1 is 1.38 bits per heavy atom.